The Kier molecular flexibility index (Phi) is 1.73. The summed E-state index contributed by atoms with van der Waals surface area (Å²) in [5.41, 5.74) is 6.52. The molecule has 2 rings (SSSR count). The number of rotatable bonds is 1. The second-order valence-electron chi connectivity index (χ2n) is 2.65. The van der Waals surface area contributed by atoms with Crippen LogP contribution in [0.25, 0.3) is 5.70 Å². The van der Waals surface area contributed by atoms with E-state index in [-0.39, 0.29) is 6.79 Å². The number of ether oxygens (including phenoxy) is 2. The minimum absolute atomic E-state index is 0.238. The Morgan fingerprint density at radius 1 is 1.38 bits per heavy atom. The predicted octanol–water partition coefficient (Wildman–Crippen LogP) is 1.23. The zero-order chi connectivity index (χ0) is 9.26. The molecule has 0 saturated carbocycles. The molecule has 0 fully saturated rings. The highest BCUT2D eigenvalue weighted by atomic mass is 16.7. The number of nitrogens with two attached hydrogens (primary N) is 1. The van der Waals surface area contributed by atoms with Crippen LogP contribution in [-0.4, -0.2) is 11.9 Å². The Morgan fingerprint density at radius 3 is 2.92 bits per heavy atom. The molecule has 0 atom stereocenters. The lowest BCUT2D eigenvalue weighted by molar-refractivity contribution is 0.174. The highest BCUT2D eigenvalue weighted by molar-refractivity contribution is 5.64. The lowest BCUT2D eigenvalue weighted by Gasteiger charge is -2.01. The standard InChI is InChI=1S/C9H9NO3/c10-7(4-11)6-1-2-8-9(3-6)13-5-12-8/h1-4,11H,5,10H2/b7-4+. The molecular formula is C9H9NO3. The maximum Gasteiger partial charge on any atom is 0.231 e. The zero-order valence-electron chi connectivity index (χ0n) is 6.86. The molecule has 4 heteroatoms. The van der Waals surface area contributed by atoms with Gasteiger partial charge in [0, 0.05) is 5.56 Å². The van der Waals surface area contributed by atoms with Crippen LogP contribution in [0, 0.1) is 0 Å². The fraction of sp³-hybridized carbons (Fsp3) is 0.111. The molecule has 1 aromatic carbocycles. The third-order valence-corrected chi connectivity index (χ3v) is 1.84. The summed E-state index contributed by atoms with van der Waals surface area (Å²) in [5.74, 6) is 1.36. The van der Waals surface area contributed by atoms with Crippen molar-refractivity contribution >= 4 is 5.70 Å². The van der Waals surface area contributed by atoms with E-state index in [1.807, 2.05) is 0 Å². The lowest BCUT2D eigenvalue weighted by atomic mass is 10.1. The number of hydrogen-bond acceptors (Lipinski definition) is 4. The van der Waals surface area contributed by atoms with E-state index in [0.29, 0.717) is 22.8 Å². The van der Waals surface area contributed by atoms with E-state index in [1.54, 1.807) is 18.2 Å². The SMILES string of the molecule is N/C(=C/O)c1ccc2c(c1)OCO2. The molecule has 0 radical (unpaired) electrons. The van der Waals surface area contributed by atoms with Crippen molar-refractivity contribution in [1.29, 1.82) is 0 Å². The van der Waals surface area contributed by atoms with Crippen LogP contribution in [0.15, 0.2) is 24.5 Å². The van der Waals surface area contributed by atoms with Crippen molar-refractivity contribution < 1.29 is 14.6 Å². The van der Waals surface area contributed by atoms with Gasteiger partial charge in [-0.05, 0) is 18.2 Å². The summed E-state index contributed by atoms with van der Waals surface area (Å²) in [7, 11) is 0. The second kappa shape index (κ2) is 2.90. The summed E-state index contributed by atoms with van der Waals surface area (Å²) in [6.45, 7) is 0.238. The topological polar surface area (TPSA) is 64.7 Å². The first-order valence-electron chi connectivity index (χ1n) is 3.81. The first kappa shape index (κ1) is 7.79. The van der Waals surface area contributed by atoms with E-state index in [1.165, 1.54) is 0 Å². The molecule has 0 aliphatic carbocycles. The van der Waals surface area contributed by atoms with Crippen molar-refractivity contribution in [3.8, 4) is 11.5 Å². The fourth-order valence-corrected chi connectivity index (χ4v) is 1.15. The second-order valence-corrected chi connectivity index (χ2v) is 2.65. The quantitative estimate of drug-likeness (QED) is 0.636. The summed E-state index contributed by atoms with van der Waals surface area (Å²) in [6.07, 6.45) is 0.859. The van der Waals surface area contributed by atoms with E-state index in [9.17, 15) is 0 Å². The van der Waals surface area contributed by atoms with Gasteiger partial charge in [0.15, 0.2) is 11.5 Å². The summed E-state index contributed by atoms with van der Waals surface area (Å²) >= 11 is 0. The smallest absolute Gasteiger partial charge is 0.231 e. The van der Waals surface area contributed by atoms with Gasteiger partial charge in [-0.3, -0.25) is 0 Å². The monoisotopic (exact) mass is 179 g/mol. The Hall–Kier alpha value is -1.84. The first-order valence-corrected chi connectivity index (χ1v) is 3.81. The summed E-state index contributed by atoms with van der Waals surface area (Å²) in [4.78, 5) is 0. The number of aliphatic hydroxyl groups excluding tert-OH is 1. The molecule has 4 nitrogen and oxygen atoms in total. The summed E-state index contributed by atoms with van der Waals surface area (Å²) in [5, 5.41) is 8.68. The third kappa shape index (κ3) is 1.26. The van der Waals surface area contributed by atoms with E-state index in [0.717, 1.165) is 6.26 Å². The van der Waals surface area contributed by atoms with Gasteiger partial charge < -0.3 is 20.3 Å². The Bertz CT molecular complexity index is 360. The number of benzene rings is 1. The van der Waals surface area contributed by atoms with Gasteiger partial charge >= 0.3 is 0 Å². The molecular weight excluding hydrogens is 170 g/mol. The zero-order valence-corrected chi connectivity index (χ0v) is 6.86. The van der Waals surface area contributed by atoms with E-state index >= 15 is 0 Å². The molecule has 0 unspecified atom stereocenters. The van der Waals surface area contributed by atoms with Crippen LogP contribution < -0.4 is 15.2 Å². The lowest BCUT2D eigenvalue weighted by Crippen LogP contribution is -1.95. The fourth-order valence-electron chi connectivity index (χ4n) is 1.15. The van der Waals surface area contributed by atoms with Crippen molar-refractivity contribution in [3.63, 3.8) is 0 Å². The molecule has 3 N–H and O–H groups in total. The minimum atomic E-state index is 0.238. The van der Waals surface area contributed by atoms with Gasteiger partial charge in [0.1, 0.15) is 6.26 Å². The van der Waals surface area contributed by atoms with Crippen LogP contribution in [0.4, 0.5) is 0 Å². The summed E-state index contributed by atoms with van der Waals surface area (Å²) < 4.78 is 10.3. The molecule has 13 heavy (non-hydrogen) atoms. The maximum absolute atomic E-state index is 8.68. The summed E-state index contributed by atoms with van der Waals surface area (Å²) in [6, 6.07) is 5.24. The van der Waals surface area contributed by atoms with Crippen LogP contribution in [0.2, 0.25) is 0 Å². The first-order chi connectivity index (χ1) is 6.31. The third-order valence-electron chi connectivity index (χ3n) is 1.84. The van der Waals surface area contributed by atoms with Gasteiger partial charge in [-0.25, -0.2) is 0 Å². The Morgan fingerprint density at radius 2 is 2.15 bits per heavy atom. The molecule has 1 aliphatic heterocycles. The average molecular weight is 179 g/mol. The van der Waals surface area contributed by atoms with E-state index in [2.05, 4.69) is 0 Å². The Labute approximate surface area is 75.2 Å². The molecule has 0 bridgehead atoms. The maximum atomic E-state index is 8.68. The van der Waals surface area contributed by atoms with Crippen LogP contribution in [-0.2, 0) is 0 Å². The van der Waals surface area contributed by atoms with Gasteiger partial charge in [-0.2, -0.15) is 0 Å². The predicted molar refractivity (Wildman–Crippen MR) is 47.4 cm³/mol. The van der Waals surface area contributed by atoms with Gasteiger partial charge in [0.2, 0.25) is 6.79 Å². The molecule has 0 amide bonds. The molecule has 0 spiro atoms. The highest BCUT2D eigenvalue weighted by Gasteiger charge is 2.13. The van der Waals surface area contributed by atoms with Crippen molar-refractivity contribution in [2.24, 2.45) is 5.73 Å². The van der Waals surface area contributed by atoms with Crippen LogP contribution in [0.3, 0.4) is 0 Å². The average Bonchev–Trinajstić information content (AvgIpc) is 2.63. The van der Waals surface area contributed by atoms with Crippen molar-refractivity contribution in [1.82, 2.24) is 0 Å². The minimum Gasteiger partial charge on any atom is -0.513 e. The number of aliphatic hydroxyl groups is 1. The Balaban J connectivity index is 2.41. The van der Waals surface area contributed by atoms with E-state index in [4.69, 9.17) is 20.3 Å². The normalized spacial score (nSPS) is 14.6. The molecule has 1 heterocycles. The molecule has 0 aromatic heterocycles. The molecule has 0 saturated heterocycles. The molecule has 1 aromatic rings. The highest BCUT2D eigenvalue weighted by Crippen LogP contribution is 2.33. The van der Waals surface area contributed by atoms with Gasteiger partial charge in [0.05, 0.1) is 5.70 Å². The van der Waals surface area contributed by atoms with Gasteiger partial charge in [-0.15, -0.1) is 0 Å². The van der Waals surface area contributed by atoms with Crippen molar-refractivity contribution in [2.75, 3.05) is 6.79 Å². The number of fused-ring (bicyclic) bond motifs is 1. The van der Waals surface area contributed by atoms with Crippen LogP contribution >= 0.6 is 0 Å². The molecule has 68 valence electrons. The van der Waals surface area contributed by atoms with Crippen molar-refractivity contribution in [2.45, 2.75) is 0 Å². The largest absolute Gasteiger partial charge is 0.513 e. The van der Waals surface area contributed by atoms with Gasteiger partial charge in [-0.1, -0.05) is 0 Å². The molecule has 1 aliphatic rings. The van der Waals surface area contributed by atoms with Crippen LogP contribution in [0.1, 0.15) is 5.56 Å². The van der Waals surface area contributed by atoms with Gasteiger partial charge in [0.25, 0.3) is 0 Å². The van der Waals surface area contributed by atoms with Crippen molar-refractivity contribution in [3.05, 3.63) is 30.0 Å². The number of hydrogen-bond donors (Lipinski definition) is 2. The van der Waals surface area contributed by atoms with E-state index < -0.39 is 0 Å². The van der Waals surface area contributed by atoms with Crippen LogP contribution in [0.5, 0.6) is 11.5 Å².